The number of ether oxygens (including phenoxy) is 1. The number of amides is 2. The van der Waals surface area contributed by atoms with Crippen LogP contribution >= 0.6 is 0 Å². The van der Waals surface area contributed by atoms with Crippen molar-refractivity contribution in [2.24, 2.45) is 0 Å². The van der Waals surface area contributed by atoms with Gasteiger partial charge in [0.05, 0.1) is 4.90 Å². The van der Waals surface area contributed by atoms with E-state index in [4.69, 9.17) is 4.74 Å². The highest BCUT2D eigenvalue weighted by molar-refractivity contribution is 7.92. The van der Waals surface area contributed by atoms with Crippen LogP contribution in [0.25, 0.3) is 0 Å². The van der Waals surface area contributed by atoms with Crippen molar-refractivity contribution in [3.63, 3.8) is 0 Å². The zero-order valence-electron chi connectivity index (χ0n) is 25.6. The summed E-state index contributed by atoms with van der Waals surface area (Å²) in [6.07, 6.45) is 3.44. The summed E-state index contributed by atoms with van der Waals surface area (Å²) in [4.78, 5) is 32.9. The van der Waals surface area contributed by atoms with E-state index in [9.17, 15) is 26.8 Å². The number of rotatable bonds is 14. The van der Waals surface area contributed by atoms with Gasteiger partial charge in [-0.3, -0.25) is 19.3 Å². The molecule has 0 spiro atoms. The largest absolute Gasteiger partial charge is 0.484 e. The molecule has 0 aliphatic heterocycles. The molecule has 5 aromatic rings. The molecule has 4 aromatic carbocycles. The molecular weight excluding hydrogens is 638 g/mol. The fourth-order valence-electron chi connectivity index (χ4n) is 4.82. The molecule has 246 valence electrons. The van der Waals surface area contributed by atoms with E-state index in [0.717, 1.165) is 23.3 Å². The normalized spacial score (nSPS) is 11.7. The number of hydrogen-bond acceptors (Lipinski definition) is 6. The Kier molecular flexibility index (Phi) is 11.1. The second-order valence-corrected chi connectivity index (χ2v) is 12.5. The summed E-state index contributed by atoms with van der Waals surface area (Å²) in [5, 5.41) is 2.92. The summed E-state index contributed by atoms with van der Waals surface area (Å²) in [5.41, 5.74) is 2.45. The zero-order valence-corrected chi connectivity index (χ0v) is 26.4. The van der Waals surface area contributed by atoms with E-state index in [2.05, 4.69) is 15.0 Å². The van der Waals surface area contributed by atoms with Gasteiger partial charge in [-0.25, -0.2) is 17.2 Å². The van der Waals surface area contributed by atoms with Crippen molar-refractivity contribution in [3.8, 4) is 5.75 Å². The first kappa shape index (κ1) is 33.7. The lowest BCUT2D eigenvalue weighted by Crippen LogP contribution is -2.51. The summed E-state index contributed by atoms with van der Waals surface area (Å²) in [6.45, 7) is -0.258. The quantitative estimate of drug-likeness (QED) is 0.161. The standard InChI is InChI=1S/C36H32F2N4O5S/c37-29-8-6-28(7-9-29)24-42(34(22-26-4-2-1-3-5-26)36(44)40-23-27-18-20-39-21-19-27)35(43)25-47-32-14-16-33(17-15-32)48(45,46)41-31-12-10-30(38)11-13-31/h1-21,34,41H,22-25H2,(H,40,44). The number of hydrogen-bond donors (Lipinski definition) is 2. The van der Waals surface area contributed by atoms with Crippen molar-refractivity contribution in [3.05, 3.63) is 156 Å². The van der Waals surface area contributed by atoms with Crippen LogP contribution < -0.4 is 14.8 Å². The molecule has 1 unspecified atom stereocenters. The number of halogens is 2. The molecule has 0 radical (unpaired) electrons. The van der Waals surface area contributed by atoms with Crippen molar-refractivity contribution < 1.29 is 31.5 Å². The topological polar surface area (TPSA) is 118 Å². The molecule has 0 saturated heterocycles. The SMILES string of the molecule is O=C(NCc1ccncc1)C(Cc1ccccc1)N(Cc1ccc(F)cc1)C(=O)COc1ccc(S(=O)(=O)Nc2ccc(F)cc2)cc1. The second-order valence-electron chi connectivity index (χ2n) is 10.8. The summed E-state index contributed by atoms with van der Waals surface area (Å²) in [5.74, 6) is -1.63. The van der Waals surface area contributed by atoms with Gasteiger partial charge < -0.3 is 15.0 Å². The lowest BCUT2D eigenvalue weighted by atomic mass is 10.0. The fraction of sp³-hybridized carbons (Fsp3) is 0.139. The van der Waals surface area contributed by atoms with Gasteiger partial charge in [0.1, 0.15) is 23.4 Å². The first-order valence-electron chi connectivity index (χ1n) is 14.9. The molecule has 0 aliphatic carbocycles. The second kappa shape index (κ2) is 15.8. The molecular formula is C36H32F2N4O5S. The monoisotopic (exact) mass is 670 g/mol. The van der Waals surface area contributed by atoms with Gasteiger partial charge >= 0.3 is 0 Å². The predicted octanol–water partition coefficient (Wildman–Crippen LogP) is 5.50. The maximum absolute atomic E-state index is 13.9. The molecule has 1 atom stereocenters. The van der Waals surface area contributed by atoms with Crippen LogP contribution in [0.1, 0.15) is 16.7 Å². The van der Waals surface area contributed by atoms with Gasteiger partial charge in [-0.15, -0.1) is 0 Å². The van der Waals surface area contributed by atoms with Crippen LogP contribution in [0, 0.1) is 11.6 Å². The van der Waals surface area contributed by atoms with Gasteiger partial charge in [0.15, 0.2) is 6.61 Å². The maximum Gasteiger partial charge on any atom is 0.261 e. The van der Waals surface area contributed by atoms with E-state index in [1.165, 1.54) is 53.4 Å². The molecule has 2 N–H and O–H groups in total. The van der Waals surface area contributed by atoms with Crippen LogP contribution in [-0.2, 0) is 39.1 Å². The van der Waals surface area contributed by atoms with Gasteiger partial charge in [-0.05, 0) is 89.5 Å². The minimum absolute atomic E-state index is 0.00507. The number of aromatic nitrogens is 1. The van der Waals surface area contributed by atoms with E-state index in [0.29, 0.717) is 5.56 Å². The molecule has 5 rings (SSSR count). The number of benzene rings is 4. The van der Waals surface area contributed by atoms with Gasteiger partial charge in [0.25, 0.3) is 15.9 Å². The third-order valence-corrected chi connectivity index (χ3v) is 8.74. The molecule has 48 heavy (non-hydrogen) atoms. The maximum atomic E-state index is 13.9. The first-order valence-corrected chi connectivity index (χ1v) is 16.4. The van der Waals surface area contributed by atoms with Gasteiger partial charge in [-0.1, -0.05) is 42.5 Å². The van der Waals surface area contributed by atoms with Gasteiger partial charge in [-0.2, -0.15) is 0 Å². The average Bonchev–Trinajstić information content (AvgIpc) is 3.10. The number of nitrogens with zero attached hydrogens (tertiary/aromatic N) is 2. The van der Waals surface area contributed by atoms with E-state index >= 15 is 0 Å². The highest BCUT2D eigenvalue weighted by Crippen LogP contribution is 2.21. The van der Waals surface area contributed by atoms with E-state index in [1.54, 1.807) is 36.7 Å². The average molecular weight is 671 g/mol. The van der Waals surface area contributed by atoms with Crippen molar-refractivity contribution in [2.75, 3.05) is 11.3 Å². The minimum Gasteiger partial charge on any atom is -0.484 e. The molecule has 0 bridgehead atoms. The molecule has 1 aromatic heterocycles. The summed E-state index contributed by atoms with van der Waals surface area (Å²) < 4.78 is 60.7. The number of carbonyl (C=O) groups excluding carboxylic acids is 2. The lowest BCUT2D eigenvalue weighted by molar-refractivity contribution is -0.142. The van der Waals surface area contributed by atoms with Crippen molar-refractivity contribution in [2.45, 2.75) is 30.4 Å². The van der Waals surface area contributed by atoms with E-state index in [1.807, 2.05) is 30.3 Å². The van der Waals surface area contributed by atoms with Crippen molar-refractivity contribution in [1.29, 1.82) is 0 Å². The van der Waals surface area contributed by atoms with Crippen molar-refractivity contribution in [1.82, 2.24) is 15.2 Å². The lowest BCUT2D eigenvalue weighted by Gasteiger charge is -2.31. The first-order chi connectivity index (χ1) is 23.2. The van der Waals surface area contributed by atoms with Crippen LogP contribution in [0.5, 0.6) is 5.75 Å². The van der Waals surface area contributed by atoms with Crippen molar-refractivity contribution >= 4 is 27.5 Å². The summed E-state index contributed by atoms with van der Waals surface area (Å²) in [6, 6.07) is 27.8. The number of sulfonamides is 1. The number of carbonyl (C=O) groups is 2. The van der Waals surface area contributed by atoms with E-state index in [-0.39, 0.29) is 35.8 Å². The van der Waals surface area contributed by atoms with Crippen LogP contribution in [0.3, 0.4) is 0 Å². The Morgan fingerprint density at radius 2 is 1.38 bits per heavy atom. The fourth-order valence-corrected chi connectivity index (χ4v) is 5.88. The minimum atomic E-state index is -3.98. The molecule has 12 heteroatoms. The Morgan fingerprint density at radius 1 is 0.750 bits per heavy atom. The van der Waals surface area contributed by atoms with Crippen LogP contribution in [0.4, 0.5) is 14.5 Å². The highest BCUT2D eigenvalue weighted by atomic mass is 32.2. The number of nitrogens with one attached hydrogen (secondary N) is 2. The third kappa shape index (κ3) is 9.46. The Morgan fingerprint density at radius 3 is 2.02 bits per heavy atom. The molecule has 0 aliphatic rings. The molecule has 0 saturated carbocycles. The highest BCUT2D eigenvalue weighted by Gasteiger charge is 2.31. The third-order valence-electron chi connectivity index (χ3n) is 7.35. The summed E-state index contributed by atoms with van der Waals surface area (Å²) >= 11 is 0. The van der Waals surface area contributed by atoms with E-state index < -0.39 is 46.1 Å². The Balaban J connectivity index is 1.34. The Hall–Kier alpha value is -5.62. The van der Waals surface area contributed by atoms with Crippen LogP contribution in [0.2, 0.25) is 0 Å². The van der Waals surface area contributed by atoms with Gasteiger partial charge in [0, 0.05) is 37.6 Å². The summed E-state index contributed by atoms with van der Waals surface area (Å²) in [7, 11) is -3.98. The molecule has 1 heterocycles. The number of pyridine rings is 1. The Labute approximate surface area is 277 Å². The zero-order chi connectivity index (χ0) is 33.9. The Bertz CT molecular complexity index is 1910. The smallest absolute Gasteiger partial charge is 0.261 e. The van der Waals surface area contributed by atoms with Crippen LogP contribution in [0.15, 0.2) is 133 Å². The predicted molar refractivity (Wildman–Crippen MR) is 176 cm³/mol. The van der Waals surface area contributed by atoms with Crippen LogP contribution in [-0.4, -0.2) is 42.8 Å². The molecule has 9 nitrogen and oxygen atoms in total. The molecule has 0 fully saturated rings. The number of anilines is 1. The molecule has 2 amide bonds. The van der Waals surface area contributed by atoms with Gasteiger partial charge in [0.2, 0.25) is 5.91 Å².